The molecule has 0 amide bonds. The molecule has 6 nitrogen and oxygen atoms in total. The highest BCUT2D eigenvalue weighted by molar-refractivity contribution is 5.86. The summed E-state index contributed by atoms with van der Waals surface area (Å²) in [6.45, 7) is 1.73. The fraction of sp³-hybridized carbons (Fsp3) is 0.375. The highest BCUT2D eigenvalue weighted by Gasteiger charge is 2.64. The van der Waals surface area contributed by atoms with Crippen molar-refractivity contribution in [3.05, 3.63) is 35.4 Å². The average Bonchev–Trinajstić information content (AvgIpc) is 2.85. The van der Waals surface area contributed by atoms with Crippen LogP contribution in [-0.4, -0.2) is 29.8 Å². The predicted molar refractivity (Wildman–Crippen MR) is 77.3 cm³/mol. The molecule has 110 valence electrons. The van der Waals surface area contributed by atoms with Gasteiger partial charge in [-0.15, -0.1) is 0 Å². The van der Waals surface area contributed by atoms with Gasteiger partial charge in [0, 0.05) is 6.42 Å². The zero-order chi connectivity index (χ0) is 16.0. The number of nitrogens with zero attached hydrogens (tertiary/aromatic N) is 4. The minimum absolute atomic E-state index is 0.0516. The van der Waals surface area contributed by atoms with Gasteiger partial charge in [0.2, 0.25) is 5.54 Å². The van der Waals surface area contributed by atoms with Gasteiger partial charge in [0.1, 0.15) is 12.1 Å². The van der Waals surface area contributed by atoms with Gasteiger partial charge in [-0.05, 0) is 18.1 Å². The normalized spacial score (nSPS) is 27.3. The maximum Gasteiger partial charge on any atom is 0.314 e. The lowest BCUT2D eigenvalue weighted by Crippen LogP contribution is -2.41. The van der Waals surface area contributed by atoms with Gasteiger partial charge in [-0.3, -0.25) is 9.80 Å². The number of hydrogen-bond acceptors (Lipinski definition) is 6. The zero-order valence-electron chi connectivity index (χ0n) is 12.3. The van der Waals surface area contributed by atoms with Crippen LogP contribution in [0.1, 0.15) is 30.5 Å². The van der Waals surface area contributed by atoms with E-state index in [0.29, 0.717) is 0 Å². The van der Waals surface area contributed by atoms with Gasteiger partial charge in [0.25, 0.3) is 0 Å². The first-order chi connectivity index (χ1) is 10.5. The van der Waals surface area contributed by atoms with Gasteiger partial charge in [0.15, 0.2) is 0 Å². The minimum Gasteiger partial charge on any atom is -0.469 e. The molecule has 1 fully saturated rings. The van der Waals surface area contributed by atoms with E-state index >= 15 is 0 Å². The highest BCUT2D eigenvalue weighted by Crippen LogP contribution is 2.56. The van der Waals surface area contributed by atoms with Crippen molar-refractivity contribution in [2.75, 3.05) is 7.11 Å². The number of methoxy groups -OCH3 is 1. The average molecular weight is 294 g/mol. The monoisotopic (exact) mass is 294 g/mol. The molecule has 1 saturated heterocycles. The second kappa shape index (κ2) is 4.57. The third-order valence-electron chi connectivity index (χ3n) is 4.50. The number of carbonyl (C=O) groups is 1. The molecule has 0 bridgehead atoms. The first-order valence-corrected chi connectivity index (χ1v) is 6.85. The van der Waals surface area contributed by atoms with Gasteiger partial charge in [-0.2, -0.15) is 15.6 Å². The Morgan fingerprint density at radius 1 is 1.41 bits per heavy atom. The molecule has 0 radical (unpaired) electrons. The number of esters is 1. The van der Waals surface area contributed by atoms with Crippen LogP contribution in [0.5, 0.6) is 0 Å². The van der Waals surface area contributed by atoms with Gasteiger partial charge in [-0.1, -0.05) is 24.3 Å². The van der Waals surface area contributed by atoms with Crippen molar-refractivity contribution in [2.45, 2.75) is 24.9 Å². The smallest absolute Gasteiger partial charge is 0.314 e. The second-order valence-corrected chi connectivity index (χ2v) is 5.79. The van der Waals surface area contributed by atoms with Crippen molar-refractivity contribution >= 4 is 12.2 Å². The lowest BCUT2D eigenvalue weighted by Gasteiger charge is -2.36. The Bertz CT molecular complexity index is 744. The van der Waals surface area contributed by atoms with E-state index in [1.54, 1.807) is 13.1 Å². The van der Waals surface area contributed by atoms with Crippen molar-refractivity contribution in [3.8, 4) is 12.1 Å². The van der Waals surface area contributed by atoms with E-state index in [1.807, 2.05) is 36.4 Å². The van der Waals surface area contributed by atoms with Crippen LogP contribution in [0.2, 0.25) is 0 Å². The molecule has 3 rings (SSSR count). The summed E-state index contributed by atoms with van der Waals surface area (Å²) in [4.78, 5) is 12.4. The summed E-state index contributed by atoms with van der Waals surface area (Å²) < 4.78 is 4.95. The number of ether oxygens (including phenoxy) is 1. The SMILES string of the molecule is COC(=O)[C@@]1(C)CC(C#N)(C#N)N2N=Cc3ccccc3[C@H]21. The number of rotatable bonds is 1. The summed E-state index contributed by atoms with van der Waals surface area (Å²) in [5, 5.41) is 24.8. The van der Waals surface area contributed by atoms with Crippen LogP contribution in [-0.2, 0) is 9.53 Å². The van der Waals surface area contributed by atoms with Crippen LogP contribution in [0, 0.1) is 28.1 Å². The van der Waals surface area contributed by atoms with Crippen molar-refractivity contribution < 1.29 is 9.53 Å². The molecule has 2 aliphatic rings. The Morgan fingerprint density at radius 3 is 2.73 bits per heavy atom. The molecular formula is C16H14N4O2. The molecule has 0 spiro atoms. The molecule has 1 aromatic rings. The van der Waals surface area contributed by atoms with E-state index in [0.717, 1.165) is 11.1 Å². The van der Waals surface area contributed by atoms with Crippen molar-refractivity contribution in [1.82, 2.24) is 5.01 Å². The minimum atomic E-state index is -1.47. The van der Waals surface area contributed by atoms with Gasteiger partial charge in [0.05, 0.1) is 24.8 Å². The predicted octanol–water partition coefficient (Wildman–Crippen LogP) is 1.75. The molecular weight excluding hydrogens is 280 g/mol. The molecule has 0 unspecified atom stereocenters. The Morgan fingerprint density at radius 2 is 2.09 bits per heavy atom. The lowest BCUT2D eigenvalue weighted by molar-refractivity contribution is -0.153. The number of carbonyl (C=O) groups excluding carboxylic acids is 1. The molecule has 2 atom stereocenters. The van der Waals surface area contributed by atoms with Crippen molar-refractivity contribution in [1.29, 1.82) is 10.5 Å². The standard InChI is InChI=1S/C16H14N4O2/c1-15(14(21)22-2)8-16(9-17,10-18)20-13(15)12-6-4-3-5-11(12)7-19-20/h3-7,13H,8H2,1-2H3/t13-,15-/m0/s1. The lowest BCUT2D eigenvalue weighted by atomic mass is 9.75. The second-order valence-electron chi connectivity index (χ2n) is 5.79. The zero-order valence-corrected chi connectivity index (χ0v) is 12.3. The summed E-state index contributed by atoms with van der Waals surface area (Å²) in [7, 11) is 1.31. The summed E-state index contributed by atoms with van der Waals surface area (Å²) in [6.07, 6.45) is 1.67. The Labute approximate surface area is 128 Å². The van der Waals surface area contributed by atoms with Gasteiger partial charge < -0.3 is 4.74 Å². The molecule has 1 aromatic carbocycles. The van der Waals surface area contributed by atoms with E-state index < -0.39 is 23.0 Å². The third kappa shape index (κ3) is 1.58. The number of nitriles is 2. The molecule has 6 heteroatoms. The summed E-state index contributed by atoms with van der Waals surface area (Å²) in [5.74, 6) is -0.443. The van der Waals surface area contributed by atoms with Gasteiger partial charge >= 0.3 is 5.97 Å². The first-order valence-electron chi connectivity index (χ1n) is 6.85. The maximum absolute atomic E-state index is 12.4. The van der Waals surface area contributed by atoms with E-state index in [1.165, 1.54) is 12.1 Å². The maximum atomic E-state index is 12.4. The molecule has 0 N–H and O–H groups in total. The summed E-state index contributed by atoms with van der Waals surface area (Å²) in [5.41, 5.74) is -0.741. The number of hydrogen-bond donors (Lipinski definition) is 0. The van der Waals surface area contributed by atoms with Crippen LogP contribution >= 0.6 is 0 Å². The number of fused-ring (bicyclic) bond motifs is 3. The summed E-state index contributed by atoms with van der Waals surface area (Å²) in [6, 6.07) is 11.1. The number of hydrazone groups is 1. The molecule has 0 aromatic heterocycles. The Hall–Kier alpha value is -2.86. The van der Waals surface area contributed by atoms with Crippen LogP contribution in [0.25, 0.3) is 0 Å². The molecule has 0 aliphatic carbocycles. The van der Waals surface area contributed by atoms with Crippen molar-refractivity contribution in [3.63, 3.8) is 0 Å². The van der Waals surface area contributed by atoms with Crippen LogP contribution in [0.4, 0.5) is 0 Å². The first kappa shape index (κ1) is 14.1. The summed E-state index contributed by atoms with van der Waals surface area (Å²) >= 11 is 0. The molecule has 2 aliphatic heterocycles. The van der Waals surface area contributed by atoms with E-state index in [-0.39, 0.29) is 6.42 Å². The highest BCUT2D eigenvalue weighted by atomic mass is 16.5. The fourth-order valence-electron chi connectivity index (χ4n) is 3.46. The molecule has 22 heavy (non-hydrogen) atoms. The van der Waals surface area contributed by atoms with Crippen LogP contribution in [0.3, 0.4) is 0 Å². The molecule has 2 heterocycles. The van der Waals surface area contributed by atoms with Crippen LogP contribution < -0.4 is 0 Å². The Balaban J connectivity index is 2.25. The van der Waals surface area contributed by atoms with Crippen LogP contribution in [0.15, 0.2) is 29.4 Å². The van der Waals surface area contributed by atoms with Crippen molar-refractivity contribution in [2.24, 2.45) is 10.5 Å². The van der Waals surface area contributed by atoms with E-state index in [2.05, 4.69) is 5.10 Å². The topological polar surface area (TPSA) is 89.5 Å². The third-order valence-corrected chi connectivity index (χ3v) is 4.50. The molecule has 0 saturated carbocycles. The quantitative estimate of drug-likeness (QED) is 0.736. The van der Waals surface area contributed by atoms with Gasteiger partial charge in [-0.25, -0.2) is 0 Å². The largest absolute Gasteiger partial charge is 0.469 e. The Kier molecular flexibility index (Phi) is 2.93. The fourth-order valence-corrected chi connectivity index (χ4v) is 3.46. The number of benzene rings is 1. The van der Waals surface area contributed by atoms with E-state index in [9.17, 15) is 15.3 Å². The van der Waals surface area contributed by atoms with E-state index in [4.69, 9.17) is 4.74 Å².